The maximum atomic E-state index is 12.6. The van der Waals surface area contributed by atoms with Gasteiger partial charge < -0.3 is 19.2 Å². The van der Waals surface area contributed by atoms with Crippen molar-refractivity contribution in [1.82, 2.24) is 4.90 Å². The van der Waals surface area contributed by atoms with E-state index in [-0.39, 0.29) is 12.0 Å². The van der Waals surface area contributed by atoms with Crippen LogP contribution in [0.5, 0.6) is 5.75 Å². The number of hydrogen-bond acceptors (Lipinski definition) is 5. The van der Waals surface area contributed by atoms with Gasteiger partial charge in [-0.3, -0.25) is 4.79 Å². The first-order valence-electron chi connectivity index (χ1n) is 7.57. The van der Waals surface area contributed by atoms with E-state index in [1.165, 1.54) is 0 Å². The molecule has 0 aliphatic rings. The minimum absolute atomic E-state index is 0.0512. The number of benzene rings is 2. The summed E-state index contributed by atoms with van der Waals surface area (Å²) >= 11 is 0. The van der Waals surface area contributed by atoms with Gasteiger partial charge >= 0.3 is 0 Å². The summed E-state index contributed by atoms with van der Waals surface area (Å²) in [4.78, 5) is 14.5. The number of para-hydroxylation sites is 2. The molecule has 0 fully saturated rings. The minimum atomic E-state index is -0.0512. The fourth-order valence-electron chi connectivity index (χ4n) is 2.51. The van der Waals surface area contributed by atoms with E-state index >= 15 is 0 Å². The van der Waals surface area contributed by atoms with Crippen LogP contribution in [0.4, 0.5) is 0 Å². The number of nitrogens with zero attached hydrogens (tertiary/aromatic N) is 1. The van der Waals surface area contributed by atoms with Gasteiger partial charge in [-0.25, -0.2) is 0 Å². The molecule has 0 saturated carbocycles. The maximum Gasteiger partial charge on any atom is 0.200 e. The van der Waals surface area contributed by atoms with Gasteiger partial charge in [-0.05, 0) is 31.3 Å². The van der Waals surface area contributed by atoms with Crippen molar-refractivity contribution in [2.75, 3.05) is 33.4 Å². The van der Waals surface area contributed by atoms with Crippen LogP contribution < -0.4 is 10.2 Å². The highest BCUT2D eigenvalue weighted by Crippen LogP contribution is 2.26. The molecule has 5 nitrogen and oxygen atoms in total. The second-order valence-corrected chi connectivity index (χ2v) is 5.44. The van der Waals surface area contributed by atoms with Crippen LogP contribution in [-0.4, -0.2) is 43.4 Å². The van der Waals surface area contributed by atoms with Crippen molar-refractivity contribution in [2.45, 2.75) is 0 Å². The Balaban J connectivity index is 1.94. The van der Waals surface area contributed by atoms with E-state index in [1.807, 2.05) is 24.1 Å². The number of ether oxygens (including phenoxy) is 1. The summed E-state index contributed by atoms with van der Waals surface area (Å²) in [5, 5.41) is 9.98. The molecule has 0 unspecified atom stereocenters. The van der Waals surface area contributed by atoms with Crippen molar-refractivity contribution in [1.29, 1.82) is 0 Å². The quantitative estimate of drug-likeness (QED) is 0.707. The Morgan fingerprint density at radius 3 is 2.70 bits per heavy atom. The first kappa shape index (κ1) is 15.5. The summed E-state index contributed by atoms with van der Waals surface area (Å²) in [5.41, 5.74) is 0.976. The van der Waals surface area contributed by atoms with Crippen molar-refractivity contribution in [2.24, 2.45) is 0 Å². The Morgan fingerprint density at radius 2 is 1.87 bits per heavy atom. The summed E-state index contributed by atoms with van der Waals surface area (Å²) in [6.45, 7) is 1.84. The Bertz CT molecular complexity index is 872. The van der Waals surface area contributed by atoms with Crippen LogP contribution in [0, 0.1) is 0 Å². The second kappa shape index (κ2) is 6.81. The van der Waals surface area contributed by atoms with Gasteiger partial charge in [0.1, 0.15) is 12.2 Å². The average molecular weight is 313 g/mol. The number of aliphatic hydroxyl groups is 1. The van der Waals surface area contributed by atoms with Gasteiger partial charge in [0.25, 0.3) is 0 Å². The highest BCUT2D eigenvalue weighted by atomic mass is 16.5. The van der Waals surface area contributed by atoms with Gasteiger partial charge in [-0.15, -0.1) is 0 Å². The molecule has 0 saturated heterocycles. The lowest BCUT2D eigenvalue weighted by Gasteiger charge is -2.15. The standard InChI is InChI=1S/C18H19NO4/c1-19(9-11-20)10-12-22-16-8-4-6-14-17(21)13-5-2-3-7-15(13)23-18(14)16/h2-8,20H,9-12H2,1H3. The van der Waals surface area contributed by atoms with Gasteiger partial charge in [-0.1, -0.05) is 18.2 Å². The van der Waals surface area contributed by atoms with Crippen LogP contribution in [0.15, 0.2) is 51.7 Å². The van der Waals surface area contributed by atoms with Crippen molar-refractivity contribution < 1.29 is 14.3 Å². The molecular formula is C18H19NO4. The lowest BCUT2D eigenvalue weighted by Crippen LogP contribution is -2.27. The van der Waals surface area contributed by atoms with Crippen LogP contribution >= 0.6 is 0 Å². The molecule has 1 heterocycles. The van der Waals surface area contributed by atoms with E-state index < -0.39 is 0 Å². The first-order valence-corrected chi connectivity index (χ1v) is 7.57. The molecule has 0 aliphatic carbocycles. The Hall–Kier alpha value is -2.37. The highest BCUT2D eigenvalue weighted by molar-refractivity contribution is 5.92. The predicted molar refractivity (Wildman–Crippen MR) is 90.1 cm³/mol. The summed E-state index contributed by atoms with van der Waals surface area (Å²) in [6, 6.07) is 12.5. The van der Waals surface area contributed by atoms with Crippen LogP contribution in [0.3, 0.4) is 0 Å². The molecule has 3 aromatic rings. The summed E-state index contributed by atoms with van der Waals surface area (Å²) in [6.07, 6.45) is 0. The molecule has 0 spiro atoms. The summed E-state index contributed by atoms with van der Waals surface area (Å²) in [7, 11) is 1.91. The molecule has 5 heteroatoms. The largest absolute Gasteiger partial charge is 0.488 e. The summed E-state index contributed by atoms with van der Waals surface area (Å²) in [5.74, 6) is 0.558. The van der Waals surface area contributed by atoms with Crippen LogP contribution in [0.25, 0.3) is 21.9 Å². The topological polar surface area (TPSA) is 62.9 Å². The van der Waals surface area contributed by atoms with Crippen molar-refractivity contribution >= 4 is 21.9 Å². The van der Waals surface area contributed by atoms with E-state index in [0.717, 1.165) is 0 Å². The van der Waals surface area contributed by atoms with E-state index in [9.17, 15) is 4.79 Å². The molecule has 0 bridgehead atoms. The molecule has 23 heavy (non-hydrogen) atoms. The molecule has 2 aromatic carbocycles. The zero-order chi connectivity index (χ0) is 16.2. The number of rotatable bonds is 6. The van der Waals surface area contributed by atoms with Crippen LogP contribution in [0.2, 0.25) is 0 Å². The first-order chi connectivity index (χ1) is 11.2. The molecule has 0 atom stereocenters. The van der Waals surface area contributed by atoms with E-state index in [4.69, 9.17) is 14.3 Å². The Morgan fingerprint density at radius 1 is 1.09 bits per heavy atom. The molecule has 1 N–H and O–H groups in total. The fourth-order valence-corrected chi connectivity index (χ4v) is 2.51. The van der Waals surface area contributed by atoms with Gasteiger partial charge in [0.15, 0.2) is 11.3 Å². The lowest BCUT2D eigenvalue weighted by atomic mass is 10.1. The van der Waals surface area contributed by atoms with Gasteiger partial charge in [0.05, 0.1) is 17.4 Å². The van der Waals surface area contributed by atoms with Crippen LogP contribution in [-0.2, 0) is 0 Å². The number of aliphatic hydroxyl groups excluding tert-OH is 1. The molecule has 1 aromatic heterocycles. The third-order valence-corrected chi connectivity index (χ3v) is 3.78. The molecule has 120 valence electrons. The van der Waals surface area contributed by atoms with Gasteiger partial charge in [0.2, 0.25) is 5.43 Å². The zero-order valence-electron chi connectivity index (χ0n) is 13.0. The SMILES string of the molecule is CN(CCO)CCOc1cccc2c(=O)c3ccccc3oc12. The maximum absolute atomic E-state index is 12.6. The normalized spacial score (nSPS) is 11.4. The third kappa shape index (κ3) is 3.21. The summed E-state index contributed by atoms with van der Waals surface area (Å²) < 4.78 is 11.7. The number of likely N-dealkylation sites (N-methyl/N-ethyl adjacent to an activating group) is 1. The zero-order valence-corrected chi connectivity index (χ0v) is 13.0. The van der Waals surface area contributed by atoms with Crippen molar-refractivity contribution in [3.63, 3.8) is 0 Å². The van der Waals surface area contributed by atoms with Crippen molar-refractivity contribution in [3.05, 3.63) is 52.7 Å². The predicted octanol–water partition coefficient (Wildman–Crippen LogP) is 2.25. The fraction of sp³-hybridized carbons (Fsp3) is 0.278. The molecule has 0 amide bonds. The molecule has 0 aliphatic heterocycles. The van der Waals surface area contributed by atoms with E-state index in [1.54, 1.807) is 30.3 Å². The van der Waals surface area contributed by atoms with Gasteiger partial charge in [0, 0.05) is 13.1 Å². The van der Waals surface area contributed by atoms with Crippen LogP contribution in [0.1, 0.15) is 0 Å². The molecule has 3 rings (SSSR count). The Labute approximate surface area is 133 Å². The lowest BCUT2D eigenvalue weighted by molar-refractivity contribution is 0.192. The monoisotopic (exact) mass is 313 g/mol. The van der Waals surface area contributed by atoms with E-state index in [2.05, 4.69) is 0 Å². The smallest absolute Gasteiger partial charge is 0.200 e. The molecule has 0 radical (unpaired) electrons. The Kier molecular flexibility index (Phi) is 4.60. The number of hydrogen-bond donors (Lipinski definition) is 1. The third-order valence-electron chi connectivity index (χ3n) is 3.78. The average Bonchev–Trinajstić information content (AvgIpc) is 2.56. The van der Waals surface area contributed by atoms with Crippen molar-refractivity contribution in [3.8, 4) is 5.75 Å². The van der Waals surface area contributed by atoms with E-state index in [0.29, 0.717) is 47.4 Å². The minimum Gasteiger partial charge on any atom is -0.488 e. The highest BCUT2D eigenvalue weighted by Gasteiger charge is 2.11. The van der Waals surface area contributed by atoms with Gasteiger partial charge in [-0.2, -0.15) is 0 Å². The molecular weight excluding hydrogens is 294 g/mol. The second-order valence-electron chi connectivity index (χ2n) is 5.44. The number of fused-ring (bicyclic) bond motifs is 2.